The fourth-order valence-corrected chi connectivity index (χ4v) is 2.22. The molecule has 2 atom stereocenters. The van der Waals surface area contributed by atoms with Crippen molar-refractivity contribution >= 4 is 29.3 Å². The Morgan fingerprint density at radius 1 is 1.07 bits per heavy atom. The van der Waals surface area contributed by atoms with Gasteiger partial charge in [-0.05, 0) is 12.8 Å². The Bertz CT molecular complexity index is 569. The second-order valence-electron chi connectivity index (χ2n) is 7.68. The fraction of sp³-hybridized carbons (Fsp3) is 0.722. The summed E-state index contributed by atoms with van der Waals surface area (Å²) in [6, 6.07) is -2.03. The molecule has 0 aromatic heterocycles. The molecule has 27 heavy (non-hydrogen) atoms. The van der Waals surface area contributed by atoms with Gasteiger partial charge in [-0.25, -0.2) is 4.79 Å². The van der Waals surface area contributed by atoms with Crippen LogP contribution in [0.3, 0.4) is 0 Å². The molecule has 0 bridgehead atoms. The summed E-state index contributed by atoms with van der Waals surface area (Å²) in [5, 5.41) is 18.6. The molecular weight excluding hydrogens is 352 g/mol. The second-order valence-corrected chi connectivity index (χ2v) is 7.68. The molecule has 0 radical (unpaired) electrons. The number of unbranched alkanes of at least 4 members (excludes halogenated alkanes) is 1. The van der Waals surface area contributed by atoms with E-state index in [0.717, 1.165) is 0 Å². The normalized spacial score (nSPS) is 13.5. The quantitative estimate of drug-likeness (QED) is 0.176. The number of carbonyl (C=O) groups is 4. The second kappa shape index (κ2) is 11.4. The van der Waals surface area contributed by atoms with Gasteiger partial charge in [0.2, 0.25) is 5.91 Å². The highest BCUT2D eigenvalue weighted by Crippen LogP contribution is 2.18. The number of carboxylic acid groups (broad SMARTS) is 1. The first-order valence-corrected chi connectivity index (χ1v) is 9.01. The summed E-state index contributed by atoms with van der Waals surface area (Å²) in [5.74, 6) is -2.38. The number of carbonyl (C=O) groups excluding carboxylic acids is 3. The summed E-state index contributed by atoms with van der Waals surface area (Å²) in [6.45, 7) is 5.02. The summed E-state index contributed by atoms with van der Waals surface area (Å²) < 4.78 is 0. The fourth-order valence-electron chi connectivity index (χ4n) is 2.22. The number of amidine groups is 1. The molecule has 0 rings (SSSR count). The number of hydrogen-bond donors (Lipinski definition) is 5. The first-order chi connectivity index (χ1) is 12.3. The van der Waals surface area contributed by atoms with Gasteiger partial charge in [0.05, 0.1) is 11.9 Å². The molecule has 154 valence electrons. The van der Waals surface area contributed by atoms with Crippen molar-refractivity contribution in [1.29, 1.82) is 5.41 Å². The molecule has 0 heterocycles. The molecule has 0 aliphatic heterocycles. The number of nitrogens with one attached hydrogen (secondary N) is 2. The molecule has 0 saturated heterocycles. The third-order valence-corrected chi connectivity index (χ3v) is 4.08. The van der Waals surface area contributed by atoms with E-state index < -0.39 is 29.4 Å². The van der Waals surface area contributed by atoms with Crippen LogP contribution in [0, 0.1) is 10.8 Å². The maximum Gasteiger partial charge on any atom is 0.326 e. The van der Waals surface area contributed by atoms with Crippen molar-refractivity contribution in [3.8, 4) is 0 Å². The van der Waals surface area contributed by atoms with Crippen LogP contribution >= 0.6 is 0 Å². The summed E-state index contributed by atoms with van der Waals surface area (Å²) in [7, 11) is 0. The molecule has 0 aliphatic carbocycles. The molecule has 0 fully saturated rings. The lowest BCUT2D eigenvalue weighted by Gasteiger charge is -2.20. The zero-order valence-electron chi connectivity index (χ0n) is 16.3. The molecular formula is C18H32N4O5. The Hall–Kier alpha value is -2.29. The highest BCUT2D eigenvalue weighted by atomic mass is 16.4. The third kappa shape index (κ3) is 11.1. The Morgan fingerprint density at radius 2 is 1.67 bits per heavy atom. The van der Waals surface area contributed by atoms with Crippen LogP contribution < -0.4 is 16.8 Å². The molecule has 0 aromatic carbocycles. The van der Waals surface area contributed by atoms with Gasteiger partial charge >= 0.3 is 5.97 Å². The predicted molar refractivity (Wildman–Crippen MR) is 101 cm³/mol. The van der Waals surface area contributed by atoms with Crippen LogP contribution in [0.1, 0.15) is 65.7 Å². The molecule has 0 unspecified atom stereocenters. The van der Waals surface area contributed by atoms with E-state index in [1.807, 2.05) is 0 Å². The van der Waals surface area contributed by atoms with Crippen molar-refractivity contribution in [1.82, 2.24) is 5.32 Å². The van der Waals surface area contributed by atoms with E-state index in [-0.39, 0.29) is 36.7 Å². The number of rotatable bonds is 13. The monoisotopic (exact) mass is 384 g/mol. The van der Waals surface area contributed by atoms with Crippen LogP contribution in [0.2, 0.25) is 0 Å². The van der Waals surface area contributed by atoms with E-state index in [2.05, 4.69) is 5.32 Å². The maximum absolute atomic E-state index is 12.0. The Morgan fingerprint density at radius 3 is 2.15 bits per heavy atom. The van der Waals surface area contributed by atoms with Gasteiger partial charge in [0.25, 0.3) is 0 Å². The van der Waals surface area contributed by atoms with E-state index >= 15 is 0 Å². The smallest absolute Gasteiger partial charge is 0.326 e. The number of Topliss-reactive ketones (excluding diaryl/α,β-unsaturated/α-hetero) is 2. The molecule has 0 aromatic rings. The number of amides is 1. The van der Waals surface area contributed by atoms with Crippen LogP contribution in [-0.4, -0.2) is 46.5 Å². The Kier molecular flexibility index (Phi) is 10.5. The maximum atomic E-state index is 12.0. The molecule has 9 heteroatoms. The SMILES string of the molecule is CC(C)(C)C(=O)C[C@H](NC(=O)CCC(=O)[C@@H](N)CCCCC(=N)N)C(=O)O. The molecule has 0 saturated carbocycles. The van der Waals surface area contributed by atoms with Crippen molar-refractivity contribution in [2.45, 2.75) is 77.8 Å². The zero-order chi connectivity index (χ0) is 21.2. The predicted octanol–water partition coefficient (Wildman–Crippen LogP) is 0.734. The summed E-state index contributed by atoms with van der Waals surface area (Å²) >= 11 is 0. The molecule has 0 spiro atoms. The van der Waals surface area contributed by atoms with Crippen molar-refractivity contribution in [3.05, 3.63) is 0 Å². The van der Waals surface area contributed by atoms with Crippen molar-refractivity contribution in [2.24, 2.45) is 16.9 Å². The number of carboxylic acids is 1. The van der Waals surface area contributed by atoms with Crippen LogP contribution in [-0.2, 0) is 19.2 Å². The highest BCUT2D eigenvalue weighted by Gasteiger charge is 2.29. The minimum Gasteiger partial charge on any atom is -0.480 e. The van der Waals surface area contributed by atoms with Gasteiger partial charge < -0.3 is 21.9 Å². The number of aliphatic carboxylic acids is 1. The molecule has 0 aliphatic rings. The van der Waals surface area contributed by atoms with E-state index in [4.69, 9.17) is 16.9 Å². The van der Waals surface area contributed by atoms with E-state index in [1.54, 1.807) is 20.8 Å². The molecule has 9 nitrogen and oxygen atoms in total. The van der Waals surface area contributed by atoms with Gasteiger partial charge in [-0.1, -0.05) is 27.2 Å². The first-order valence-electron chi connectivity index (χ1n) is 9.01. The van der Waals surface area contributed by atoms with Crippen LogP contribution in [0.4, 0.5) is 0 Å². The van der Waals surface area contributed by atoms with Crippen LogP contribution in [0.5, 0.6) is 0 Å². The van der Waals surface area contributed by atoms with Gasteiger partial charge in [0.1, 0.15) is 17.6 Å². The lowest BCUT2D eigenvalue weighted by Crippen LogP contribution is -2.44. The summed E-state index contributed by atoms with van der Waals surface area (Å²) in [6.07, 6.45) is 1.60. The lowest BCUT2D eigenvalue weighted by atomic mass is 9.87. The topological polar surface area (TPSA) is 176 Å². The highest BCUT2D eigenvalue weighted by molar-refractivity contribution is 5.93. The van der Waals surface area contributed by atoms with Gasteiger partial charge in [0, 0.05) is 31.1 Å². The lowest BCUT2D eigenvalue weighted by molar-refractivity contribution is -0.144. The van der Waals surface area contributed by atoms with Crippen molar-refractivity contribution in [2.75, 3.05) is 0 Å². The molecule has 7 N–H and O–H groups in total. The minimum absolute atomic E-state index is 0.0875. The van der Waals surface area contributed by atoms with Crippen LogP contribution in [0.25, 0.3) is 0 Å². The minimum atomic E-state index is -1.32. The largest absolute Gasteiger partial charge is 0.480 e. The summed E-state index contributed by atoms with van der Waals surface area (Å²) in [5.41, 5.74) is 10.3. The van der Waals surface area contributed by atoms with E-state index in [9.17, 15) is 24.3 Å². The van der Waals surface area contributed by atoms with E-state index in [0.29, 0.717) is 25.7 Å². The Labute approximate surface area is 159 Å². The van der Waals surface area contributed by atoms with Crippen molar-refractivity contribution < 1.29 is 24.3 Å². The third-order valence-electron chi connectivity index (χ3n) is 4.08. The zero-order valence-corrected chi connectivity index (χ0v) is 16.3. The van der Waals surface area contributed by atoms with Crippen molar-refractivity contribution in [3.63, 3.8) is 0 Å². The number of hydrogen-bond acceptors (Lipinski definition) is 6. The number of nitrogens with two attached hydrogens (primary N) is 2. The standard InChI is InChI=1S/C18H32N4O5/c1-18(2,3)14(24)10-12(17(26)27)22-16(25)9-8-13(23)11(19)6-4-5-7-15(20)21/h11-12H,4-10,19H2,1-3H3,(H3,20,21)(H,22,25)(H,26,27)/t11-,12-/m0/s1. The molecule has 1 amide bonds. The van der Waals surface area contributed by atoms with Gasteiger partial charge in [-0.3, -0.25) is 19.8 Å². The first kappa shape index (κ1) is 24.7. The summed E-state index contributed by atoms with van der Waals surface area (Å²) in [4.78, 5) is 47.1. The van der Waals surface area contributed by atoms with Crippen LogP contribution in [0.15, 0.2) is 0 Å². The average Bonchev–Trinajstić information content (AvgIpc) is 2.54. The Balaban J connectivity index is 4.37. The van der Waals surface area contributed by atoms with Gasteiger partial charge in [0.15, 0.2) is 0 Å². The average molecular weight is 384 g/mol. The number of ketones is 2. The van der Waals surface area contributed by atoms with Gasteiger partial charge in [-0.15, -0.1) is 0 Å². The van der Waals surface area contributed by atoms with Gasteiger partial charge in [-0.2, -0.15) is 0 Å². The van der Waals surface area contributed by atoms with E-state index in [1.165, 1.54) is 0 Å².